The Bertz CT molecular complexity index is 758. The number of aliphatic carboxylic acids is 1. The van der Waals surface area contributed by atoms with E-state index in [1.807, 2.05) is 0 Å². The van der Waals surface area contributed by atoms with E-state index in [0.717, 1.165) is 12.8 Å². The van der Waals surface area contributed by atoms with Crippen molar-refractivity contribution in [3.8, 4) is 17.6 Å². The summed E-state index contributed by atoms with van der Waals surface area (Å²) in [7, 11) is 0. The Balaban J connectivity index is 1.81. The largest absolute Gasteiger partial charge is 0.508 e. The van der Waals surface area contributed by atoms with Crippen molar-refractivity contribution in [2.45, 2.75) is 44.9 Å². The topological polar surface area (TPSA) is 86.6 Å². The van der Waals surface area contributed by atoms with Crippen LogP contribution in [0.3, 0.4) is 0 Å². The second-order valence-corrected chi connectivity index (χ2v) is 6.24. The fourth-order valence-electron chi connectivity index (χ4n) is 2.61. The van der Waals surface area contributed by atoms with E-state index in [4.69, 9.17) is 16.7 Å². The number of rotatable bonds is 5. The van der Waals surface area contributed by atoms with Crippen molar-refractivity contribution < 1.29 is 19.8 Å². The summed E-state index contributed by atoms with van der Waals surface area (Å²) >= 11 is 5.96. The van der Waals surface area contributed by atoms with Gasteiger partial charge in [-0.2, -0.15) is 0 Å². The van der Waals surface area contributed by atoms with Gasteiger partial charge in [0.1, 0.15) is 5.75 Å². The zero-order valence-electron chi connectivity index (χ0n) is 13.8. The Morgan fingerprint density at radius 3 is 2.72 bits per heavy atom. The lowest BCUT2D eigenvalue weighted by Gasteiger charge is -2.18. The van der Waals surface area contributed by atoms with Crippen molar-refractivity contribution in [2.24, 2.45) is 0 Å². The van der Waals surface area contributed by atoms with Gasteiger partial charge in [0.05, 0.1) is 10.6 Å². The third-order valence-electron chi connectivity index (χ3n) is 3.90. The average molecular weight is 362 g/mol. The van der Waals surface area contributed by atoms with Gasteiger partial charge >= 0.3 is 5.97 Å². The van der Waals surface area contributed by atoms with Crippen LogP contribution in [0.5, 0.6) is 5.75 Å². The minimum Gasteiger partial charge on any atom is -0.508 e. The lowest BCUT2D eigenvalue weighted by Crippen LogP contribution is -2.27. The van der Waals surface area contributed by atoms with E-state index in [-0.39, 0.29) is 18.1 Å². The number of benzene rings is 1. The second-order valence-electron chi connectivity index (χ2n) is 5.84. The van der Waals surface area contributed by atoms with E-state index in [2.05, 4.69) is 17.2 Å². The van der Waals surface area contributed by atoms with Gasteiger partial charge in [0.2, 0.25) is 5.91 Å². The van der Waals surface area contributed by atoms with Gasteiger partial charge in [-0.3, -0.25) is 4.79 Å². The molecule has 1 aliphatic rings. The van der Waals surface area contributed by atoms with Crippen LogP contribution in [-0.4, -0.2) is 22.1 Å². The minimum absolute atomic E-state index is 0.0879. The number of carboxylic acids is 1. The normalized spacial score (nSPS) is 13.8. The highest BCUT2D eigenvalue weighted by molar-refractivity contribution is 6.31. The van der Waals surface area contributed by atoms with Crippen molar-refractivity contribution in [3.05, 3.63) is 40.1 Å². The molecule has 0 aromatic heterocycles. The Hall–Kier alpha value is -2.45. The van der Waals surface area contributed by atoms with Crippen LogP contribution >= 0.6 is 11.6 Å². The molecule has 1 aliphatic carbocycles. The summed E-state index contributed by atoms with van der Waals surface area (Å²) in [6, 6.07) is 4.58. The monoisotopic (exact) mass is 361 g/mol. The smallest absolute Gasteiger partial charge is 0.333 e. The number of unbranched alkanes of at least 4 members (excludes halogenated alkanes) is 1. The maximum absolute atomic E-state index is 12.0. The Labute approximate surface area is 151 Å². The molecule has 2 rings (SSSR count). The molecule has 5 nitrogen and oxygen atoms in total. The fraction of sp³-hybridized carbons (Fsp3) is 0.368. The molecule has 1 aromatic rings. The second kappa shape index (κ2) is 9.14. The van der Waals surface area contributed by atoms with Crippen molar-refractivity contribution in [3.63, 3.8) is 0 Å². The maximum Gasteiger partial charge on any atom is 0.333 e. The van der Waals surface area contributed by atoms with Crippen LogP contribution < -0.4 is 5.32 Å². The molecule has 132 valence electrons. The summed E-state index contributed by atoms with van der Waals surface area (Å²) < 4.78 is 0. The number of carbonyl (C=O) groups excluding carboxylic acids is 1. The molecule has 25 heavy (non-hydrogen) atoms. The van der Waals surface area contributed by atoms with Crippen LogP contribution in [0.1, 0.15) is 50.5 Å². The third kappa shape index (κ3) is 5.84. The molecule has 0 bridgehead atoms. The number of hydrogen-bond acceptors (Lipinski definition) is 3. The molecular formula is C19H20ClNO4. The number of amides is 1. The van der Waals surface area contributed by atoms with E-state index in [9.17, 15) is 14.7 Å². The van der Waals surface area contributed by atoms with Gasteiger partial charge in [-0.15, -0.1) is 0 Å². The van der Waals surface area contributed by atoms with Gasteiger partial charge in [0.25, 0.3) is 0 Å². The first-order valence-electron chi connectivity index (χ1n) is 8.20. The summed E-state index contributed by atoms with van der Waals surface area (Å²) in [5.41, 5.74) is 1.49. The highest BCUT2D eigenvalue weighted by Gasteiger charge is 2.19. The molecule has 3 N–H and O–H groups in total. The number of nitrogens with one attached hydrogen (secondary N) is 1. The number of halogens is 1. The third-order valence-corrected chi connectivity index (χ3v) is 4.21. The van der Waals surface area contributed by atoms with Gasteiger partial charge in [-0.05, 0) is 50.3 Å². The Morgan fingerprint density at radius 1 is 1.24 bits per heavy atom. The Kier molecular flexibility index (Phi) is 6.91. The molecule has 1 aromatic carbocycles. The highest BCUT2D eigenvalue weighted by Crippen LogP contribution is 2.23. The molecule has 0 radical (unpaired) electrons. The predicted octanol–water partition coefficient (Wildman–Crippen LogP) is 3.60. The van der Waals surface area contributed by atoms with E-state index in [0.29, 0.717) is 47.5 Å². The number of carbonyl (C=O) groups is 2. The van der Waals surface area contributed by atoms with Gasteiger partial charge in [-0.1, -0.05) is 23.4 Å². The van der Waals surface area contributed by atoms with E-state index in [1.54, 1.807) is 6.07 Å². The van der Waals surface area contributed by atoms with Gasteiger partial charge < -0.3 is 15.5 Å². The van der Waals surface area contributed by atoms with E-state index in [1.165, 1.54) is 12.1 Å². The number of phenolic OH excluding ortho intramolecular Hbond substituents is 1. The molecule has 0 unspecified atom stereocenters. The van der Waals surface area contributed by atoms with Crippen LogP contribution in [0.2, 0.25) is 5.02 Å². The lowest BCUT2D eigenvalue weighted by atomic mass is 9.96. The molecule has 0 atom stereocenters. The molecule has 1 amide bonds. The molecule has 0 aliphatic heterocycles. The highest BCUT2D eigenvalue weighted by atomic mass is 35.5. The number of allylic oxidation sites excluding steroid dienone is 1. The van der Waals surface area contributed by atoms with Gasteiger partial charge in [0.15, 0.2) is 0 Å². The summed E-state index contributed by atoms with van der Waals surface area (Å²) in [5, 5.41) is 21.6. The minimum atomic E-state index is -0.952. The molecule has 0 spiro atoms. The molecular weight excluding hydrogens is 342 g/mol. The first kappa shape index (κ1) is 18.9. The first-order chi connectivity index (χ1) is 12.0. The van der Waals surface area contributed by atoms with Crippen LogP contribution in [0.4, 0.5) is 0 Å². The zero-order valence-corrected chi connectivity index (χ0v) is 14.5. The van der Waals surface area contributed by atoms with Crippen molar-refractivity contribution >= 4 is 23.5 Å². The summed E-state index contributed by atoms with van der Waals surface area (Å²) in [5.74, 6) is 4.81. The maximum atomic E-state index is 12.0. The van der Waals surface area contributed by atoms with Crippen molar-refractivity contribution in [2.75, 3.05) is 0 Å². The lowest BCUT2D eigenvalue weighted by molar-refractivity contribution is -0.133. The summed E-state index contributed by atoms with van der Waals surface area (Å²) in [4.78, 5) is 23.1. The summed E-state index contributed by atoms with van der Waals surface area (Å²) in [6.45, 7) is 0. The number of carboxylic acid groups (broad SMARTS) is 1. The van der Waals surface area contributed by atoms with Crippen LogP contribution in [0, 0.1) is 11.8 Å². The van der Waals surface area contributed by atoms with Gasteiger partial charge in [-0.25, -0.2) is 4.79 Å². The van der Waals surface area contributed by atoms with Crippen molar-refractivity contribution in [1.29, 1.82) is 0 Å². The molecule has 0 saturated carbocycles. The van der Waals surface area contributed by atoms with Crippen LogP contribution in [0.25, 0.3) is 0 Å². The summed E-state index contributed by atoms with van der Waals surface area (Å²) in [6.07, 6.45) is 4.23. The number of aromatic hydroxyl groups is 1. The molecule has 0 saturated heterocycles. The number of hydrogen-bond donors (Lipinski definition) is 3. The van der Waals surface area contributed by atoms with Crippen LogP contribution in [0.15, 0.2) is 29.5 Å². The van der Waals surface area contributed by atoms with Gasteiger partial charge in [0, 0.05) is 24.1 Å². The zero-order chi connectivity index (χ0) is 18.2. The fourth-order valence-corrected chi connectivity index (χ4v) is 2.83. The number of phenols is 1. The quantitative estimate of drug-likeness (QED) is 0.552. The molecule has 0 fully saturated rings. The predicted molar refractivity (Wildman–Crippen MR) is 95.1 cm³/mol. The average Bonchev–Trinajstić information content (AvgIpc) is 2.56. The van der Waals surface area contributed by atoms with E-state index >= 15 is 0 Å². The van der Waals surface area contributed by atoms with Crippen LogP contribution in [-0.2, 0) is 9.59 Å². The van der Waals surface area contributed by atoms with E-state index < -0.39 is 5.97 Å². The first-order valence-corrected chi connectivity index (χ1v) is 8.57. The van der Waals surface area contributed by atoms with Crippen molar-refractivity contribution in [1.82, 2.24) is 5.32 Å². The SMILES string of the molecule is O=C(CCCC#Cc1ccc(O)cc1Cl)NC1=C(C(=O)O)CCCC1. The molecule has 6 heteroatoms. The standard InChI is InChI=1S/C19H20ClNO4/c20-16-12-14(22)11-10-13(16)6-2-1-3-9-18(23)21-17-8-5-4-7-15(17)19(24)25/h10-12,22H,1,3-5,7-9H2,(H,21,23)(H,24,25). The Morgan fingerprint density at radius 2 is 2.00 bits per heavy atom. The molecule has 0 heterocycles.